The molecule has 0 saturated heterocycles. The van der Waals surface area contributed by atoms with Crippen LogP contribution < -0.4 is 0 Å². The van der Waals surface area contributed by atoms with Crippen LogP contribution in [0.2, 0.25) is 0 Å². The van der Waals surface area contributed by atoms with Crippen molar-refractivity contribution < 1.29 is 4.42 Å². The summed E-state index contributed by atoms with van der Waals surface area (Å²) >= 11 is 1.58. The zero-order valence-electron chi connectivity index (χ0n) is 11.3. The van der Waals surface area contributed by atoms with Crippen LogP contribution in [0.1, 0.15) is 11.3 Å². The molecule has 0 saturated carbocycles. The summed E-state index contributed by atoms with van der Waals surface area (Å²) in [5.41, 5.74) is 3.11. The first-order chi connectivity index (χ1) is 9.72. The summed E-state index contributed by atoms with van der Waals surface area (Å²) in [6.07, 6.45) is 3.38. The van der Waals surface area contributed by atoms with Gasteiger partial charge in [-0.2, -0.15) is 0 Å². The van der Waals surface area contributed by atoms with Gasteiger partial charge in [0.25, 0.3) is 0 Å². The Balaban J connectivity index is 1.71. The molecule has 0 amide bonds. The molecule has 0 aliphatic heterocycles. The molecule has 0 fully saturated rings. The van der Waals surface area contributed by atoms with Gasteiger partial charge in [-0.15, -0.1) is 10.2 Å². The van der Waals surface area contributed by atoms with Crippen molar-refractivity contribution in [2.45, 2.75) is 17.8 Å². The van der Waals surface area contributed by atoms with E-state index in [9.17, 15) is 0 Å². The van der Waals surface area contributed by atoms with Crippen LogP contribution in [0.4, 0.5) is 0 Å². The first-order valence-corrected chi connectivity index (χ1v) is 7.19. The van der Waals surface area contributed by atoms with Crippen LogP contribution in [0.5, 0.6) is 0 Å². The van der Waals surface area contributed by atoms with Crippen molar-refractivity contribution in [2.75, 3.05) is 0 Å². The highest BCUT2D eigenvalue weighted by atomic mass is 32.2. The van der Waals surface area contributed by atoms with Gasteiger partial charge in [0, 0.05) is 18.4 Å². The zero-order chi connectivity index (χ0) is 13.9. The fourth-order valence-corrected chi connectivity index (χ4v) is 2.51. The maximum atomic E-state index is 5.52. The van der Waals surface area contributed by atoms with E-state index >= 15 is 0 Å². The molecule has 5 nitrogen and oxygen atoms in total. The molecule has 2 heterocycles. The van der Waals surface area contributed by atoms with Crippen molar-refractivity contribution >= 4 is 11.8 Å². The number of benzene rings is 1. The number of oxazole rings is 1. The van der Waals surface area contributed by atoms with E-state index in [1.165, 1.54) is 5.56 Å². The van der Waals surface area contributed by atoms with Crippen LogP contribution in [0.15, 0.2) is 46.4 Å². The van der Waals surface area contributed by atoms with Crippen LogP contribution >= 0.6 is 11.8 Å². The summed E-state index contributed by atoms with van der Waals surface area (Å²) in [6.45, 7) is 2.06. The summed E-state index contributed by atoms with van der Waals surface area (Å²) in [6, 6.07) is 8.13. The molecular weight excluding hydrogens is 272 g/mol. The lowest BCUT2D eigenvalue weighted by Crippen LogP contribution is -1.90. The standard InChI is InChI=1S/C14H14N4OS/c1-10-3-5-11(6-4-10)13-16-12(7-19-13)8-20-14-17-15-9-18(14)2/h3-7,9H,8H2,1-2H3. The summed E-state index contributed by atoms with van der Waals surface area (Å²) in [5, 5.41) is 8.73. The number of hydrogen-bond acceptors (Lipinski definition) is 5. The van der Waals surface area contributed by atoms with E-state index in [0.717, 1.165) is 16.4 Å². The van der Waals surface area contributed by atoms with Gasteiger partial charge >= 0.3 is 0 Å². The lowest BCUT2D eigenvalue weighted by molar-refractivity contribution is 0.573. The van der Waals surface area contributed by atoms with Gasteiger partial charge in [0.05, 0.1) is 5.69 Å². The highest BCUT2D eigenvalue weighted by molar-refractivity contribution is 7.98. The summed E-state index contributed by atoms with van der Waals surface area (Å²) in [4.78, 5) is 4.49. The third-order valence-electron chi connectivity index (χ3n) is 2.87. The van der Waals surface area contributed by atoms with Gasteiger partial charge in [-0.25, -0.2) is 4.98 Å². The lowest BCUT2D eigenvalue weighted by Gasteiger charge is -1.97. The van der Waals surface area contributed by atoms with Gasteiger partial charge < -0.3 is 8.98 Å². The molecule has 0 atom stereocenters. The lowest BCUT2D eigenvalue weighted by atomic mass is 10.1. The van der Waals surface area contributed by atoms with Crippen molar-refractivity contribution in [1.82, 2.24) is 19.7 Å². The number of thioether (sulfide) groups is 1. The molecule has 0 aliphatic carbocycles. The predicted molar refractivity (Wildman–Crippen MR) is 77.2 cm³/mol. The Morgan fingerprint density at radius 1 is 1.25 bits per heavy atom. The monoisotopic (exact) mass is 286 g/mol. The van der Waals surface area contributed by atoms with Crippen LogP contribution in [0, 0.1) is 6.92 Å². The van der Waals surface area contributed by atoms with Gasteiger partial charge in [0.2, 0.25) is 5.89 Å². The second-order valence-corrected chi connectivity index (χ2v) is 5.47. The number of nitrogens with zero attached hydrogens (tertiary/aromatic N) is 4. The number of aryl methyl sites for hydroxylation is 2. The van der Waals surface area contributed by atoms with E-state index in [2.05, 4.69) is 22.1 Å². The minimum absolute atomic E-state index is 0.651. The second kappa shape index (κ2) is 5.50. The molecule has 20 heavy (non-hydrogen) atoms. The number of hydrogen-bond donors (Lipinski definition) is 0. The third kappa shape index (κ3) is 2.75. The SMILES string of the molecule is Cc1ccc(-c2nc(CSc3nncn3C)co2)cc1. The fraction of sp³-hybridized carbons (Fsp3) is 0.214. The van der Waals surface area contributed by atoms with Gasteiger partial charge in [-0.1, -0.05) is 29.5 Å². The Labute approximate surface area is 121 Å². The van der Waals surface area contributed by atoms with Crippen molar-refractivity contribution in [3.8, 4) is 11.5 Å². The van der Waals surface area contributed by atoms with Crippen LogP contribution in [0.25, 0.3) is 11.5 Å². The molecule has 0 bridgehead atoms. The largest absolute Gasteiger partial charge is 0.444 e. The normalized spacial score (nSPS) is 10.9. The van der Waals surface area contributed by atoms with E-state index < -0.39 is 0 Å². The predicted octanol–water partition coefficient (Wildman–Crippen LogP) is 3.07. The molecular formula is C14H14N4OS. The Kier molecular flexibility index (Phi) is 3.56. The highest BCUT2D eigenvalue weighted by Crippen LogP contribution is 2.23. The quantitative estimate of drug-likeness (QED) is 0.690. The second-order valence-electron chi connectivity index (χ2n) is 4.52. The maximum absolute atomic E-state index is 5.52. The van der Waals surface area contributed by atoms with E-state index in [4.69, 9.17) is 4.42 Å². The van der Waals surface area contributed by atoms with Crippen molar-refractivity contribution in [1.29, 1.82) is 0 Å². The molecule has 2 aromatic heterocycles. The summed E-state index contributed by atoms with van der Waals surface area (Å²) < 4.78 is 7.40. The Bertz CT molecular complexity index is 702. The Hall–Kier alpha value is -2.08. The minimum atomic E-state index is 0.651. The molecule has 102 valence electrons. The first kappa shape index (κ1) is 12.9. The van der Waals surface area contributed by atoms with E-state index in [1.807, 2.05) is 35.9 Å². The Morgan fingerprint density at radius 3 is 2.75 bits per heavy atom. The van der Waals surface area contributed by atoms with Crippen molar-refractivity contribution in [3.63, 3.8) is 0 Å². The van der Waals surface area contributed by atoms with Gasteiger partial charge in [0.1, 0.15) is 12.6 Å². The summed E-state index contributed by atoms with van der Waals surface area (Å²) in [5.74, 6) is 1.36. The van der Waals surface area contributed by atoms with Crippen molar-refractivity contribution in [2.24, 2.45) is 7.05 Å². The molecule has 0 unspecified atom stereocenters. The van der Waals surface area contributed by atoms with Crippen LogP contribution in [0.3, 0.4) is 0 Å². The molecule has 3 aromatic rings. The Morgan fingerprint density at radius 2 is 2.05 bits per heavy atom. The number of aromatic nitrogens is 4. The molecule has 0 spiro atoms. The highest BCUT2D eigenvalue weighted by Gasteiger charge is 2.08. The van der Waals surface area contributed by atoms with E-state index in [1.54, 1.807) is 24.4 Å². The molecule has 0 radical (unpaired) electrons. The summed E-state index contributed by atoms with van der Waals surface area (Å²) in [7, 11) is 1.92. The first-order valence-electron chi connectivity index (χ1n) is 6.20. The topological polar surface area (TPSA) is 56.7 Å². The van der Waals surface area contributed by atoms with E-state index in [-0.39, 0.29) is 0 Å². The zero-order valence-corrected chi connectivity index (χ0v) is 12.1. The molecule has 3 rings (SSSR count). The smallest absolute Gasteiger partial charge is 0.226 e. The van der Waals surface area contributed by atoms with Gasteiger partial charge in [0.15, 0.2) is 5.16 Å². The fourth-order valence-electron chi connectivity index (χ4n) is 1.74. The average molecular weight is 286 g/mol. The minimum Gasteiger partial charge on any atom is -0.444 e. The van der Waals surface area contributed by atoms with Crippen LogP contribution in [-0.4, -0.2) is 19.7 Å². The van der Waals surface area contributed by atoms with E-state index in [0.29, 0.717) is 11.6 Å². The average Bonchev–Trinajstić information content (AvgIpc) is 3.06. The molecule has 1 aromatic carbocycles. The van der Waals surface area contributed by atoms with Crippen LogP contribution in [-0.2, 0) is 12.8 Å². The van der Waals surface area contributed by atoms with Gasteiger partial charge in [-0.05, 0) is 19.1 Å². The molecule has 0 aliphatic rings. The molecule has 0 N–H and O–H groups in total. The third-order valence-corrected chi connectivity index (χ3v) is 3.94. The van der Waals surface area contributed by atoms with Crippen molar-refractivity contribution in [3.05, 3.63) is 48.1 Å². The molecule has 6 heteroatoms. The maximum Gasteiger partial charge on any atom is 0.226 e. The number of rotatable bonds is 4. The van der Waals surface area contributed by atoms with Gasteiger partial charge in [-0.3, -0.25) is 0 Å².